The molecule has 0 aliphatic rings. The zero-order chi connectivity index (χ0) is 11.8. The van der Waals surface area contributed by atoms with E-state index in [1.54, 1.807) is 0 Å². The van der Waals surface area contributed by atoms with Crippen LogP contribution < -0.4 is 5.43 Å². The van der Waals surface area contributed by atoms with Gasteiger partial charge in [0, 0.05) is 6.54 Å². The van der Waals surface area contributed by atoms with Crippen molar-refractivity contribution in [2.24, 2.45) is 16.9 Å². The molecule has 88 valence electrons. The third-order valence-electron chi connectivity index (χ3n) is 2.18. The molecule has 0 saturated heterocycles. The molecule has 0 saturated carbocycles. The van der Waals surface area contributed by atoms with Crippen LogP contribution in [0.1, 0.15) is 40.5 Å². The van der Waals surface area contributed by atoms with Crippen molar-refractivity contribution in [2.45, 2.75) is 40.5 Å². The molecule has 0 heterocycles. The second-order valence-electron chi connectivity index (χ2n) is 4.43. The molecule has 0 aromatic carbocycles. The Labute approximate surface area is 91.8 Å². The number of hydrogen-bond donors (Lipinski definition) is 2. The van der Waals surface area contributed by atoms with Gasteiger partial charge in [-0.3, -0.25) is 0 Å². The normalized spacial score (nSPS) is 14.1. The average molecular weight is 214 g/mol. The summed E-state index contributed by atoms with van der Waals surface area (Å²) in [5, 5.41) is 12.3. The van der Waals surface area contributed by atoms with Crippen LogP contribution in [0.4, 0.5) is 0 Å². The van der Waals surface area contributed by atoms with Crippen molar-refractivity contribution in [2.75, 3.05) is 6.54 Å². The van der Waals surface area contributed by atoms with Crippen molar-refractivity contribution in [3.05, 3.63) is 0 Å². The van der Waals surface area contributed by atoms with Gasteiger partial charge in [-0.05, 0) is 31.6 Å². The highest BCUT2D eigenvalue weighted by atomic mass is 16.4. The highest BCUT2D eigenvalue weighted by Gasteiger charge is 2.04. The summed E-state index contributed by atoms with van der Waals surface area (Å²) in [6.45, 7) is 8.83. The largest absolute Gasteiger partial charge is 0.477 e. The van der Waals surface area contributed by atoms with Crippen LogP contribution in [0.15, 0.2) is 5.10 Å². The third-order valence-corrected chi connectivity index (χ3v) is 2.18. The van der Waals surface area contributed by atoms with E-state index >= 15 is 0 Å². The number of carbonyl (C=O) groups is 1. The Bertz CT molecular complexity index is 225. The summed E-state index contributed by atoms with van der Waals surface area (Å²) in [6, 6.07) is 0. The number of nitrogens with zero attached hydrogens (tertiary/aromatic N) is 1. The van der Waals surface area contributed by atoms with E-state index in [-0.39, 0.29) is 5.71 Å². The van der Waals surface area contributed by atoms with E-state index in [2.05, 4.69) is 31.3 Å². The Balaban J connectivity index is 3.62. The van der Waals surface area contributed by atoms with E-state index in [1.165, 1.54) is 13.3 Å². The van der Waals surface area contributed by atoms with Crippen molar-refractivity contribution in [1.29, 1.82) is 0 Å². The van der Waals surface area contributed by atoms with Crippen molar-refractivity contribution >= 4 is 11.7 Å². The van der Waals surface area contributed by atoms with Gasteiger partial charge in [-0.2, -0.15) is 5.10 Å². The molecule has 1 atom stereocenters. The first-order valence-corrected chi connectivity index (χ1v) is 5.44. The molecule has 0 aromatic heterocycles. The van der Waals surface area contributed by atoms with Crippen LogP contribution in [-0.2, 0) is 4.79 Å². The quantitative estimate of drug-likeness (QED) is 0.387. The van der Waals surface area contributed by atoms with Crippen molar-refractivity contribution < 1.29 is 9.90 Å². The molecular formula is C11H22N2O2. The van der Waals surface area contributed by atoms with E-state index in [1.807, 2.05) is 0 Å². The van der Waals surface area contributed by atoms with Crippen molar-refractivity contribution in [3.63, 3.8) is 0 Å². The Morgan fingerprint density at radius 1 is 1.40 bits per heavy atom. The topological polar surface area (TPSA) is 61.7 Å². The Kier molecular flexibility index (Phi) is 6.75. The highest BCUT2D eigenvalue weighted by Crippen LogP contribution is 2.13. The molecule has 0 spiro atoms. The molecule has 1 unspecified atom stereocenters. The molecule has 0 fully saturated rings. The Morgan fingerprint density at radius 2 is 2.00 bits per heavy atom. The van der Waals surface area contributed by atoms with Gasteiger partial charge < -0.3 is 10.5 Å². The predicted octanol–water partition coefficient (Wildman–Crippen LogP) is 2.11. The Morgan fingerprint density at radius 3 is 2.47 bits per heavy atom. The molecule has 0 bridgehead atoms. The van der Waals surface area contributed by atoms with E-state index in [0.29, 0.717) is 11.8 Å². The van der Waals surface area contributed by atoms with Gasteiger partial charge in [0.15, 0.2) is 0 Å². The van der Waals surface area contributed by atoms with Gasteiger partial charge in [0.05, 0.1) is 0 Å². The molecule has 0 amide bonds. The SMILES string of the molecule is C/C(=N/NCCC(C)CC(C)C)C(=O)O. The first-order chi connectivity index (χ1) is 6.93. The van der Waals surface area contributed by atoms with Gasteiger partial charge in [-0.25, -0.2) is 4.79 Å². The number of nitrogens with one attached hydrogen (secondary N) is 1. The fourth-order valence-corrected chi connectivity index (χ4v) is 1.46. The molecular weight excluding hydrogens is 192 g/mol. The maximum Gasteiger partial charge on any atom is 0.351 e. The predicted molar refractivity (Wildman–Crippen MR) is 62.0 cm³/mol. The van der Waals surface area contributed by atoms with Crippen LogP contribution in [-0.4, -0.2) is 23.3 Å². The number of aliphatic carboxylic acids is 1. The van der Waals surface area contributed by atoms with E-state index in [9.17, 15) is 4.79 Å². The zero-order valence-electron chi connectivity index (χ0n) is 10.1. The number of rotatable bonds is 7. The van der Waals surface area contributed by atoms with Gasteiger partial charge in [-0.15, -0.1) is 0 Å². The van der Waals surface area contributed by atoms with Crippen LogP contribution in [0, 0.1) is 11.8 Å². The van der Waals surface area contributed by atoms with Gasteiger partial charge in [0.25, 0.3) is 0 Å². The summed E-state index contributed by atoms with van der Waals surface area (Å²) in [7, 11) is 0. The maximum absolute atomic E-state index is 10.4. The molecule has 0 radical (unpaired) electrons. The fraction of sp³-hybridized carbons (Fsp3) is 0.818. The van der Waals surface area contributed by atoms with E-state index in [0.717, 1.165) is 13.0 Å². The fourth-order valence-electron chi connectivity index (χ4n) is 1.46. The summed E-state index contributed by atoms with van der Waals surface area (Å²) >= 11 is 0. The van der Waals surface area contributed by atoms with Crippen LogP contribution in [0.25, 0.3) is 0 Å². The molecule has 4 heteroatoms. The zero-order valence-corrected chi connectivity index (χ0v) is 10.1. The van der Waals surface area contributed by atoms with Gasteiger partial charge in [0.1, 0.15) is 5.71 Å². The van der Waals surface area contributed by atoms with Crippen LogP contribution in [0.2, 0.25) is 0 Å². The number of hydrazone groups is 1. The maximum atomic E-state index is 10.4. The number of carboxylic acid groups (broad SMARTS) is 1. The second kappa shape index (κ2) is 7.26. The lowest BCUT2D eigenvalue weighted by Gasteiger charge is -2.13. The third kappa shape index (κ3) is 7.97. The van der Waals surface area contributed by atoms with Gasteiger partial charge >= 0.3 is 5.97 Å². The van der Waals surface area contributed by atoms with Gasteiger partial charge in [0.2, 0.25) is 0 Å². The molecule has 0 aliphatic carbocycles. The van der Waals surface area contributed by atoms with Crippen LogP contribution in [0.3, 0.4) is 0 Å². The lowest BCUT2D eigenvalue weighted by molar-refractivity contribution is -0.129. The summed E-state index contributed by atoms with van der Waals surface area (Å²) < 4.78 is 0. The molecule has 0 aliphatic heterocycles. The minimum Gasteiger partial charge on any atom is -0.477 e. The summed E-state index contributed by atoms with van der Waals surface area (Å²) in [6.07, 6.45) is 2.22. The minimum absolute atomic E-state index is 0.103. The molecule has 15 heavy (non-hydrogen) atoms. The number of carboxylic acids is 1. The van der Waals surface area contributed by atoms with E-state index in [4.69, 9.17) is 5.11 Å². The average Bonchev–Trinajstić information content (AvgIpc) is 2.10. The van der Waals surface area contributed by atoms with Crippen LogP contribution in [0.5, 0.6) is 0 Å². The number of hydrogen-bond acceptors (Lipinski definition) is 3. The Hall–Kier alpha value is -1.06. The lowest BCUT2D eigenvalue weighted by Crippen LogP contribution is -2.17. The standard InChI is InChI=1S/C11H22N2O2/c1-8(2)7-9(3)5-6-12-13-10(4)11(14)15/h8-9,12H,5-7H2,1-4H3,(H,14,15)/b13-10-. The monoisotopic (exact) mass is 214 g/mol. The minimum atomic E-state index is -0.974. The summed E-state index contributed by atoms with van der Waals surface area (Å²) in [5.74, 6) is 0.389. The molecule has 0 rings (SSSR count). The van der Waals surface area contributed by atoms with Crippen LogP contribution >= 0.6 is 0 Å². The molecule has 4 nitrogen and oxygen atoms in total. The lowest BCUT2D eigenvalue weighted by atomic mass is 9.96. The van der Waals surface area contributed by atoms with E-state index < -0.39 is 5.97 Å². The first kappa shape index (κ1) is 13.9. The van der Waals surface area contributed by atoms with Crippen molar-refractivity contribution in [1.82, 2.24) is 5.43 Å². The first-order valence-electron chi connectivity index (χ1n) is 5.44. The van der Waals surface area contributed by atoms with Crippen molar-refractivity contribution in [3.8, 4) is 0 Å². The smallest absolute Gasteiger partial charge is 0.351 e. The summed E-state index contributed by atoms with van der Waals surface area (Å²) in [4.78, 5) is 10.4. The molecule has 2 N–H and O–H groups in total. The second-order valence-corrected chi connectivity index (χ2v) is 4.43. The highest BCUT2D eigenvalue weighted by molar-refractivity contribution is 6.34. The molecule has 0 aromatic rings. The summed E-state index contributed by atoms with van der Waals surface area (Å²) in [5.41, 5.74) is 2.88. The van der Waals surface area contributed by atoms with Gasteiger partial charge in [-0.1, -0.05) is 20.8 Å².